The lowest BCUT2D eigenvalue weighted by Crippen LogP contribution is -2.10. The normalized spacial score (nSPS) is 19.9. The number of aryl methyl sites for hydroxylation is 1. The second-order valence-electron chi connectivity index (χ2n) is 3.39. The van der Waals surface area contributed by atoms with Gasteiger partial charge in [-0.2, -0.15) is 0 Å². The van der Waals surface area contributed by atoms with Crippen LogP contribution in [0.3, 0.4) is 0 Å². The first-order chi connectivity index (χ1) is 6.33. The Morgan fingerprint density at radius 3 is 3.00 bits per heavy atom. The van der Waals surface area contributed by atoms with Gasteiger partial charge in [0.2, 0.25) is 0 Å². The summed E-state index contributed by atoms with van der Waals surface area (Å²) in [7, 11) is 0. The van der Waals surface area contributed by atoms with Crippen LogP contribution in [0, 0.1) is 0 Å². The van der Waals surface area contributed by atoms with Crippen molar-refractivity contribution in [2.24, 2.45) is 0 Å². The number of rotatable bonds is 2. The van der Waals surface area contributed by atoms with E-state index in [-0.39, 0.29) is 5.92 Å². The number of Topliss-reactive ketones (excluding diaryl/α,β-unsaturated/α-hetero) is 1. The minimum absolute atomic E-state index is 0.149. The number of halogens is 1. The SMILES string of the molecule is O=C(CBr)C1CCc2ccccc21. The Labute approximate surface area is 86.3 Å². The summed E-state index contributed by atoms with van der Waals surface area (Å²) in [5.74, 6) is 0.459. The van der Waals surface area contributed by atoms with Crippen molar-refractivity contribution >= 4 is 21.7 Å². The van der Waals surface area contributed by atoms with Gasteiger partial charge in [0.25, 0.3) is 0 Å². The summed E-state index contributed by atoms with van der Waals surface area (Å²) in [5.41, 5.74) is 2.59. The number of carbonyl (C=O) groups is 1. The predicted molar refractivity (Wildman–Crippen MR) is 56.3 cm³/mol. The van der Waals surface area contributed by atoms with Crippen molar-refractivity contribution in [1.29, 1.82) is 0 Å². The van der Waals surface area contributed by atoms with E-state index in [1.165, 1.54) is 11.1 Å². The molecule has 0 saturated heterocycles. The molecule has 0 aromatic heterocycles. The molecule has 0 radical (unpaired) electrons. The first-order valence-electron chi connectivity index (χ1n) is 4.49. The Kier molecular flexibility index (Phi) is 2.49. The average Bonchev–Trinajstić information content (AvgIpc) is 2.60. The third kappa shape index (κ3) is 1.55. The Morgan fingerprint density at radius 1 is 1.46 bits per heavy atom. The van der Waals surface area contributed by atoms with E-state index in [9.17, 15) is 4.79 Å². The van der Waals surface area contributed by atoms with Crippen molar-refractivity contribution in [3.63, 3.8) is 0 Å². The van der Waals surface area contributed by atoms with E-state index >= 15 is 0 Å². The fourth-order valence-electron chi connectivity index (χ4n) is 1.98. The van der Waals surface area contributed by atoms with E-state index in [1.807, 2.05) is 12.1 Å². The third-order valence-electron chi connectivity index (χ3n) is 2.65. The van der Waals surface area contributed by atoms with Crippen LogP contribution >= 0.6 is 15.9 Å². The zero-order chi connectivity index (χ0) is 9.26. The van der Waals surface area contributed by atoms with Crippen LogP contribution in [-0.2, 0) is 11.2 Å². The molecule has 13 heavy (non-hydrogen) atoms. The minimum atomic E-state index is 0.149. The highest BCUT2D eigenvalue weighted by Crippen LogP contribution is 2.33. The molecule has 1 aliphatic carbocycles. The van der Waals surface area contributed by atoms with Crippen LogP contribution < -0.4 is 0 Å². The molecule has 1 unspecified atom stereocenters. The summed E-state index contributed by atoms with van der Waals surface area (Å²) >= 11 is 3.23. The molecule has 0 bridgehead atoms. The quantitative estimate of drug-likeness (QED) is 0.725. The van der Waals surface area contributed by atoms with Gasteiger partial charge in [0, 0.05) is 5.92 Å². The van der Waals surface area contributed by atoms with Crippen LogP contribution in [0.2, 0.25) is 0 Å². The summed E-state index contributed by atoms with van der Waals surface area (Å²) in [6.07, 6.45) is 2.04. The maximum absolute atomic E-state index is 11.5. The standard InChI is InChI=1S/C11H11BrO/c12-7-11(13)10-6-5-8-3-1-2-4-9(8)10/h1-4,10H,5-7H2. The summed E-state index contributed by atoms with van der Waals surface area (Å²) in [5, 5.41) is 0.478. The van der Waals surface area contributed by atoms with Gasteiger partial charge in [0.15, 0.2) is 5.78 Å². The molecule has 1 aromatic carbocycles. The zero-order valence-corrected chi connectivity index (χ0v) is 8.88. The largest absolute Gasteiger partial charge is 0.298 e. The minimum Gasteiger partial charge on any atom is -0.298 e. The molecule has 1 nitrogen and oxygen atoms in total. The molecule has 0 N–H and O–H groups in total. The lowest BCUT2D eigenvalue weighted by atomic mass is 9.98. The molecule has 2 rings (SSSR count). The highest BCUT2D eigenvalue weighted by molar-refractivity contribution is 9.09. The Bertz CT molecular complexity index is 333. The van der Waals surface area contributed by atoms with Crippen LogP contribution in [0.15, 0.2) is 24.3 Å². The molecular formula is C11H11BrO. The van der Waals surface area contributed by atoms with Crippen LogP contribution in [0.5, 0.6) is 0 Å². The van der Waals surface area contributed by atoms with Gasteiger partial charge in [-0.05, 0) is 24.0 Å². The summed E-state index contributed by atoms with van der Waals surface area (Å²) in [6, 6.07) is 8.25. The van der Waals surface area contributed by atoms with E-state index in [1.54, 1.807) is 0 Å². The lowest BCUT2D eigenvalue weighted by Gasteiger charge is -2.07. The third-order valence-corrected chi connectivity index (χ3v) is 3.21. The molecule has 1 aromatic rings. The molecule has 0 spiro atoms. The fourth-order valence-corrected chi connectivity index (χ4v) is 2.38. The molecule has 0 amide bonds. The van der Waals surface area contributed by atoms with Gasteiger partial charge in [-0.25, -0.2) is 0 Å². The maximum Gasteiger partial charge on any atom is 0.150 e. The molecule has 0 saturated carbocycles. The van der Waals surface area contributed by atoms with Crippen molar-refractivity contribution in [3.05, 3.63) is 35.4 Å². The number of alkyl halides is 1. The number of fused-ring (bicyclic) bond motifs is 1. The first-order valence-corrected chi connectivity index (χ1v) is 5.61. The zero-order valence-electron chi connectivity index (χ0n) is 7.29. The number of hydrogen-bond acceptors (Lipinski definition) is 1. The summed E-state index contributed by atoms with van der Waals surface area (Å²) in [4.78, 5) is 11.5. The van der Waals surface area contributed by atoms with Crippen molar-refractivity contribution in [2.45, 2.75) is 18.8 Å². The van der Waals surface area contributed by atoms with Crippen LogP contribution in [0.4, 0.5) is 0 Å². The maximum atomic E-state index is 11.5. The monoisotopic (exact) mass is 238 g/mol. The van der Waals surface area contributed by atoms with Crippen LogP contribution in [0.25, 0.3) is 0 Å². The van der Waals surface area contributed by atoms with E-state index < -0.39 is 0 Å². The number of benzene rings is 1. The molecule has 0 heterocycles. The van der Waals surface area contributed by atoms with Crippen molar-refractivity contribution in [1.82, 2.24) is 0 Å². The van der Waals surface area contributed by atoms with Crippen molar-refractivity contribution in [2.75, 3.05) is 5.33 Å². The molecule has 1 aliphatic rings. The Hall–Kier alpha value is -0.630. The summed E-state index contributed by atoms with van der Waals surface area (Å²) in [6.45, 7) is 0. The highest BCUT2D eigenvalue weighted by atomic mass is 79.9. The van der Waals surface area contributed by atoms with E-state index in [0.717, 1.165) is 12.8 Å². The number of ketones is 1. The van der Waals surface area contributed by atoms with Crippen LogP contribution in [-0.4, -0.2) is 11.1 Å². The smallest absolute Gasteiger partial charge is 0.150 e. The van der Waals surface area contributed by atoms with Crippen LogP contribution in [0.1, 0.15) is 23.5 Å². The average molecular weight is 239 g/mol. The van der Waals surface area contributed by atoms with Gasteiger partial charge in [-0.1, -0.05) is 40.2 Å². The molecular weight excluding hydrogens is 228 g/mol. The van der Waals surface area contributed by atoms with E-state index in [2.05, 4.69) is 28.1 Å². The number of carbonyl (C=O) groups excluding carboxylic acids is 1. The Balaban J connectivity index is 2.33. The van der Waals surface area contributed by atoms with E-state index in [4.69, 9.17) is 0 Å². The van der Waals surface area contributed by atoms with Gasteiger partial charge in [-0.3, -0.25) is 4.79 Å². The Morgan fingerprint density at radius 2 is 2.23 bits per heavy atom. The second kappa shape index (κ2) is 3.62. The van der Waals surface area contributed by atoms with Gasteiger partial charge in [0.1, 0.15) is 0 Å². The topological polar surface area (TPSA) is 17.1 Å². The molecule has 2 heteroatoms. The molecule has 0 aliphatic heterocycles. The van der Waals surface area contributed by atoms with Gasteiger partial charge < -0.3 is 0 Å². The van der Waals surface area contributed by atoms with Gasteiger partial charge >= 0.3 is 0 Å². The molecule has 0 fully saturated rings. The molecule has 1 atom stereocenters. The molecule has 68 valence electrons. The van der Waals surface area contributed by atoms with E-state index in [0.29, 0.717) is 11.1 Å². The first kappa shape index (κ1) is 8.95. The summed E-state index contributed by atoms with van der Waals surface area (Å²) < 4.78 is 0. The lowest BCUT2D eigenvalue weighted by molar-refractivity contribution is -0.117. The van der Waals surface area contributed by atoms with Gasteiger partial charge in [-0.15, -0.1) is 0 Å². The van der Waals surface area contributed by atoms with Gasteiger partial charge in [0.05, 0.1) is 5.33 Å². The number of hydrogen-bond donors (Lipinski definition) is 0. The fraction of sp³-hybridized carbons (Fsp3) is 0.364. The van der Waals surface area contributed by atoms with Crippen molar-refractivity contribution < 1.29 is 4.79 Å². The highest BCUT2D eigenvalue weighted by Gasteiger charge is 2.26. The van der Waals surface area contributed by atoms with Crippen molar-refractivity contribution in [3.8, 4) is 0 Å². The predicted octanol–water partition coefficient (Wildman–Crippen LogP) is 2.68. The second-order valence-corrected chi connectivity index (χ2v) is 3.95.